The maximum atomic E-state index is 6.11. The minimum absolute atomic E-state index is 0.146. The molecule has 0 aromatic heterocycles. The molecule has 1 unspecified atom stereocenters. The van der Waals surface area contributed by atoms with E-state index in [-0.39, 0.29) is 5.54 Å². The third-order valence-electron chi connectivity index (χ3n) is 4.46. The van der Waals surface area contributed by atoms with Gasteiger partial charge in [0.1, 0.15) is 0 Å². The van der Waals surface area contributed by atoms with E-state index in [2.05, 4.69) is 31.0 Å². The summed E-state index contributed by atoms with van der Waals surface area (Å²) in [6, 6.07) is 8.49. The molecule has 1 atom stereocenters. The van der Waals surface area contributed by atoms with Gasteiger partial charge in [0.05, 0.1) is 0 Å². The first-order valence-electron chi connectivity index (χ1n) is 6.85. The van der Waals surface area contributed by atoms with Crippen molar-refractivity contribution in [3.63, 3.8) is 0 Å². The molecule has 4 heteroatoms. The van der Waals surface area contributed by atoms with Crippen LogP contribution in [0.1, 0.15) is 31.4 Å². The molecular formula is C15H23ClN2S. The standard InChI is InChI=1S/C15H23ClN2S/c1-12(13-4-3-5-14(16)10-13)18(2)15(11-17)6-8-19-9-7-15/h3-5,10,12H,6-9,11,17H2,1-2H3. The molecule has 0 radical (unpaired) electrons. The lowest BCUT2D eigenvalue weighted by atomic mass is 9.88. The van der Waals surface area contributed by atoms with Gasteiger partial charge in [0, 0.05) is 23.1 Å². The topological polar surface area (TPSA) is 29.3 Å². The molecule has 2 nitrogen and oxygen atoms in total. The molecule has 0 spiro atoms. The molecule has 1 aromatic carbocycles. The Labute approximate surface area is 125 Å². The summed E-state index contributed by atoms with van der Waals surface area (Å²) in [6.07, 6.45) is 2.35. The lowest BCUT2D eigenvalue weighted by molar-refractivity contribution is 0.0756. The fourth-order valence-electron chi connectivity index (χ4n) is 2.85. The van der Waals surface area contributed by atoms with E-state index in [1.807, 2.05) is 23.9 Å². The fraction of sp³-hybridized carbons (Fsp3) is 0.600. The zero-order valence-electron chi connectivity index (χ0n) is 11.7. The lowest BCUT2D eigenvalue weighted by Gasteiger charge is -2.46. The molecule has 2 rings (SSSR count). The highest BCUT2D eigenvalue weighted by molar-refractivity contribution is 7.99. The third kappa shape index (κ3) is 3.27. The minimum Gasteiger partial charge on any atom is -0.329 e. The maximum absolute atomic E-state index is 6.11. The maximum Gasteiger partial charge on any atom is 0.0409 e. The number of benzene rings is 1. The van der Waals surface area contributed by atoms with Gasteiger partial charge in [0.25, 0.3) is 0 Å². The van der Waals surface area contributed by atoms with Crippen LogP contribution in [0.5, 0.6) is 0 Å². The van der Waals surface area contributed by atoms with E-state index >= 15 is 0 Å². The quantitative estimate of drug-likeness (QED) is 0.921. The second-order valence-corrected chi connectivity index (χ2v) is 7.04. The Hall–Kier alpha value is -0.220. The van der Waals surface area contributed by atoms with Crippen LogP contribution in [-0.2, 0) is 0 Å². The number of hydrogen-bond donors (Lipinski definition) is 1. The van der Waals surface area contributed by atoms with Crippen LogP contribution in [0.4, 0.5) is 0 Å². The van der Waals surface area contributed by atoms with E-state index in [0.29, 0.717) is 6.04 Å². The monoisotopic (exact) mass is 298 g/mol. The summed E-state index contributed by atoms with van der Waals surface area (Å²) < 4.78 is 0. The molecule has 0 aliphatic carbocycles. The molecule has 1 aromatic rings. The predicted molar refractivity (Wildman–Crippen MR) is 86.0 cm³/mol. The van der Waals surface area contributed by atoms with Gasteiger partial charge in [0.15, 0.2) is 0 Å². The van der Waals surface area contributed by atoms with E-state index in [4.69, 9.17) is 17.3 Å². The number of rotatable bonds is 4. The highest BCUT2D eigenvalue weighted by Gasteiger charge is 2.37. The number of nitrogens with zero attached hydrogens (tertiary/aromatic N) is 1. The predicted octanol–water partition coefficient (Wildman–Crippen LogP) is 3.56. The van der Waals surface area contributed by atoms with Crippen LogP contribution in [0, 0.1) is 0 Å². The Balaban J connectivity index is 2.19. The van der Waals surface area contributed by atoms with Gasteiger partial charge in [-0.3, -0.25) is 4.90 Å². The number of thioether (sulfide) groups is 1. The molecule has 2 N–H and O–H groups in total. The molecule has 106 valence electrons. The molecule has 0 amide bonds. The van der Waals surface area contributed by atoms with Crippen LogP contribution >= 0.6 is 23.4 Å². The summed E-state index contributed by atoms with van der Waals surface area (Å²) in [7, 11) is 2.20. The van der Waals surface area contributed by atoms with Crippen LogP contribution in [-0.4, -0.2) is 35.5 Å². The molecule has 1 saturated heterocycles. The van der Waals surface area contributed by atoms with Gasteiger partial charge in [-0.05, 0) is 56.0 Å². The summed E-state index contributed by atoms with van der Waals surface area (Å²) in [5.74, 6) is 2.42. The first-order valence-corrected chi connectivity index (χ1v) is 8.38. The van der Waals surface area contributed by atoms with Gasteiger partial charge in [0.2, 0.25) is 0 Å². The normalized spacial score (nSPS) is 20.5. The summed E-state index contributed by atoms with van der Waals surface area (Å²) in [4.78, 5) is 2.46. The molecule has 0 bridgehead atoms. The van der Waals surface area contributed by atoms with Gasteiger partial charge in [-0.15, -0.1) is 0 Å². The zero-order valence-corrected chi connectivity index (χ0v) is 13.3. The Morgan fingerprint density at radius 1 is 1.42 bits per heavy atom. The van der Waals surface area contributed by atoms with Crippen molar-refractivity contribution in [3.05, 3.63) is 34.9 Å². The Morgan fingerprint density at radius 2 is 2.11 bits per heavy atom. The number of hydrogen-bond acceptors (Lipinski definition) is 3. The Kier molecular flexibility index (Phi) is 5.18. The van der Waals surface area contributed by atoms with Crippen molar-refractivity contribution in [1.29, 1.82) is 0 Å². The fourth-order valence-corrected chi connectivity index (χ4v) is 4.30. The van der Waals surface area contributed by atoms with E-state index < -0.39 is 0 Å². The summed E-state index contributed by atoms with van der Waals surface area (Å²) in [5.41, 5.74) is 7.52. The summed E-state index contributed by atoms with van der Waals surface area (Å²) in [6.45, 7) is 2.97. The lowest BCUT2D eigenvalue weighted by Crippen LogP contribution is -2.54. The van der Waals surface area contributed by atoms with Crippen LogP contribution in [0.3, 0.4) is 0 Å². The van der Waals surface area contributed by atoms with Gasteiger partial charge in [-0.1, -0.05) is 23.7 Å². The third-order valence-corrected chi connectivity index (χ3v) is 5.68. The van der Waals surface area contributed by atoms with E-state index in [1.54, 1.807) is 0 Å². The minimum atomic E-state index is 0.146. The first kappa shape index (κ1) is 15.2. The van der Waals surface area contributed by atoms with Crippen molar-refractivity contribution in [1.82, 2.24) is 4.90 Å². The van der Waals surface area contributed by atoms with Gasteiger partial charge in [-0.2, -0.15) is 11.8 Å². The highest BCUT2D eigenvalue weighted by Crippen LogP contribution is 2.36. The summed E-state index contributed by atoms with van der Waals surface area (Å²) in [5, 5.41) is 0.804. The van der Waals surface area contributed by atoms with Crippen LogP contribution in [0.25, 0.3) is 0 Å². The molecule has 1 heterocycles. The van der Waals surface area contributed by atoms with Crippen molar-refractivity contribution in [3.8, 4) is 0 Å². The number of halogens is 1. The van der Waals surface area contributed by atoms with Crippen LogP contribution < -0.4 is 5.73 Å². The second kappa shape index (κ2) is 6.49. The van der Waals surface area contributed by atoms with Crippen molar-refractivity contribution < 1.29 is 0 Å². The second-order valence-electron chi connectivity index (χ2n) is 5.38. The molecule has 1 fully saturated rings. The van der Waals surface area contributed by atoms with Crippen LogP contribution in [0.2, 0.25) is 5.02 Å². The smallest absolute Gasteiger partial charge is 0.0409 e. The Bertz CT molecular complexity index is 418. The molecular weight excluding hydrogens is 276 g/mol. The number of nitrogens with two attached hydrogens (primary N) is 1. The molecule has 19 heavy (non-hydrogen) atoms. The highest BCUT2D eigenvalue weighted by atomic mass is 35.5. The molecule has 1 aliphatic heterocycles. The molecule has 1 aliphatic rings. The van der Waals surface area contributed by atoms with E-state index in [1.165, 1.54) is 29.9 Å². The van der Waals surface area contributed by atoms with Gasteiger partial charge < -0.3 is 5.73 Å². The van der Waals surface area contributed by atoms with Crippen molar-refractivity contribution in [2.45, 2.75) is 31.3 Å². The average molecular weight is 299 g/mol. The summed E-state index contributed by atoms with van der Waals surface area (Å²) >= 11 is 8.14. The first-order chi connectivity index (χ1) is 9.09. The Morgan fingerprint density at radius 3 is 2.68 bits per heavy atom. The largest absolute Gasteiger partial charge is 0.329 e. The number of likely N-dealkylation sites (N-methyl/N-ethyl adjacent to an activating group) is 1. The van der Waals surface area contributed by atoms with Crippen molar-refractivity contribution in [2.75, 3.05) is 25.1 Å². The molecule has 0 saturated carbocycles. The average Bonchev–Trinajstić information content (AvgIpc) is 2.46. The van der Waals surface area contributed by atoms with Gasteiger partial charge >= 0.3 is 0 Å². The van der Waals surface area contributed by atoms with Crippen molar-refractivity contribution in [2.24, 2.45) is 5.73 Å². The van der Waals surface area contributed by atoms with E-state index in [0.717, 1.165) is 11.6 Å². The SMILES string of the molecule is CC(c1cccc(Cl)c1)N(C)C1(CN)CCSCC1. The van der Waals surface area contributed by atoms with Gasteiger partial charge in [-0.25, -0.2) is 0 Å². The van der Waals surface area contributed by atoms with E-state index in [9.17, 15) is 0 Å². The zero-order chi connectivity index (χ0) is 13.9. The van der Waals surface area contributed by atoms with Crippen LogP contribution in [0.15, 0.2) is 24.3 Å². The van der Waals surface area contributed by atoms with Crippen molar-refractivity contribution >= 4 is 23.4 Å².